The molecule has 3 heterocycles. The van der Waals surface area contributed by atoms with Gasteiger partial charge in [0.25, 0.3) is 5.91 Å². The number of anilines is 1. The highest BCUT2D eigenvalue weighted by Crippen LogP contribution is 2.38. The van der Waals surface area contributed by atoms with Gasteiger partial charge in [0.05, 0.1) is 39.6 Å². The summed E-state index contributed by atoms with van der Waals surface area (Å²) >= 11 is 6.26. The van der Waals surface area contributed by atoms with E-state index < -0.39 is 0 Å². The normalized spacial score (nSPS) is 10.9. The van der Waals surface area contributed by atoms with Gasteiger partial charge < -0.3 is 9.47 Å². The van der Waals surface area contributed by atoms with Gasteiger partial charge in [0, 0.05) is 24.5 Å². The average Bonchev–Trinajstić information content (AvgIpc) is 3.36. The van der Waals surface area contributed by atoms with Crippen LogP contribution in [0.1, 0.15) is 15.2 Å². The summed E-state index contributed by atoms with van der Waals surface area (Å²) in [5.41, 5.74) is 1.67. The van der Waals surface area contributed by atoms with Crippen molar-refractivity contribution >= 4 is 59.9 Å². The van der Waals surface area contributed by atoms with Crippen LogP contribution in [-0.4, -0.2) is 30.1 Å². The Hall–Kier alpha value is -2.49. The van der Waals surface area contributed by atoms with Crippen molar-refractivity contribution in [2.45, 2.75) is 6.54 Å². The summed E-state index contributed by atoms with van der Waals surface area (Å²) < 4.78 is 12.6. The SMILES string of the molecule is COc1cc2nc(N(Cc3cccnc3)C(=O)c3ccc(Br)s3)sc2cc1OC. The predicted molar refractivity (Wildman–Crippen MR) is 119 cm³/mol. The van der Waals surface area contributed by atoms with E-state index in [-0.39, 0.29) is 5.91 Å². The maximum Gasteiger partial charge on any atom is 0.270 e. The van der Waals surface area contributed by atoms with Gasteiger partial charge in [-0.15, -0.1) is 11.3 Å². The van der Waals surface area contributed by atoms with Crippen molar-refractivity contribution in [3.05, 3.63) is 63.0 Å². The largest absolute Gasteiger partial charge is 0.493 e. The smallest absolute Gasteiger partial charge is 0.270 e. The number of hydrogen-bond donors (Lipinski definition) is 0. The monoisotopic (exact) mass is 489 g/mol. The molecule has 0 saturated heterocycles. The number of thiophene rings is 1. The van der Waals surface area contributed by atoms with Gasteiger partial charge in [-0.2, -0.15) is 0 Å². The number of methoxy groups -OCH3 is 2. The van der Waals surface area contributed by atoms with Gasteiger partial charge in [-0.3, -0.25) is 14.7 Å². The predicted octanol–water partition coefficient (Wildman–Crippen LogP) is 5.38. The van der Waals surface area contributed by atoms with Crippen LogP contribution in [-0.2, 0) is 6.54 Å². The standard InChI is InChI=1S/C20H16BrN3O3S2/c1-26-14-8-13-17(9-15(14)27-2)29-20(23-13)24(11-12-4-3-7-22-10-12)19(25)16-5-6-18(21)28-16/h3-10H,11H2,1-2H3. The van der Waals surface area contributed by atoms with Gasteiger partial charge >= 0.3 is 0 Å². The minimum atomic E-state index is -0.109. The van der Waals surface area contributed by atoms with Crippen molar-refractivity contribution in [3.8, 4) is 11.5 Å². The Balaban J connectivity index is 1.78. The number of carbonyl (C=O) groups excluding carboxylic acids is 1. The van der Waals surface area contributed by atoms with Gasteiger partial charge in [-0.25, -0.2) is 4.98 Å². The van der Waals surface area contributed by atoms with Crippen molar-refractivity contribution in [2.24, 2.45) is 0 Å². The summed E-state index contributed by atoms with van der Waals surface area (Å²) in [6, 6.07) is 11.2. The molecule has 0 spiro atoms. The Morgan fingerprint density at radius 2 is 1.93 bits per heavy atom. The third-order valence-corrected chi connectivity index (χ3v) is 6.86. The Kier molecular flexibility index (Phi) is 5.79. The van der Waals surface area contributed by atoms with Gasteiger partial charge in [-0.1, -0.05) is 17.4 Å². The first-order chi connectivity index (χ1) is 14.1. The molecule has 0 atom stereocenters. The van der Waals surface area contributed by atoms with E-state index in [9.17, 15) is 4.79 Å². The van der Waals surface area contributed by atoms with Crippen molar-refractivity contribution < 1.29 is 14.3 Å². The maximum atomic E-state index is 13.3. The number of thiazole rings is 1. The second-order valence-electron chi connectivity index (χ2n) is 6.03. The van der Waals surface area contributed by atoms with E-state index in [0.717, 1.165) is 19.6 Å². The van der Waals surface area contributed by atoms with E-state index in [1.165, 1.54) is 22.7 Å². The third kappa shape index (κ3) is 4.12. The number of hydrogen-bond acceptors (Lipinski definition) is 7. The van der Waals surface area contributed by atoms with E-state index in [4.69, 9.17) is 14.5 Å². The highest BCUT2D eigenvalue weighted by Gasteiger charge is 2.24. The van der Waals surface area contributed by atoms with Gasteiger partial charge in [-0.05, 0) is 39.7 Å². The topological polar surface area (TPSA) is 64.5 Å². The molecule has 1 aromatic carbocycles. The zero-order valence-electron chi connectivity index (χ0n) is 15.6. The summed E-state index contributed by atoms with van der Waals surface area (Å²) in [4.78, 5) is 24.5. The minimum absolute atomic E-state index is 0.109. The molecule has 148 valence electrons. The van der Waals surface area contributed by atoms with Crippen LogP contribution in [0.15, 0.2) is 52.6 Å². The van der Waals surface area contributed by atoms with Crippen LogP contribution in [0.25, 0.3) is 10.2 Å². The van der Waals surface area contributed by atoms with E-state index in [1.54, 1.807) is 31.5 Å². The van der Waals surface area contributed by atoms with Gasteiger partial charge in [0.1, 0.15) is 0 Å². The lowest BCUT2D eigenvalue weighted by Crippen LogP contribution is -2.29. The molecule has 1 amide bonds. The summed E-state index contributed by atoms with van der Waals surface area (Å²) in [7, 11) is 3.18. The molecule has 9 heteroatoms. The lowest BCUT2D eigenvalue weighted by atomic mass is 10.2. The van der Waals surface area contributed by atoms with Crippen LogP contribution in [0.5, 0.6) is 11.5 Å². The second kappa shape index (κ2) is 8.48. The quantitative estimate of drug-likeness (QED) is 0.363. The van der Waals surface area contributed by atoms with Gasteiger partial charge in [0.2, 0.25) is 0 Å². The van der Waals surface area contributed by atoms with E-state index in [1.807, 2.05) is 36.4 Å². The first-order valence-electron chi connectivity index (χ1n) is 8.57. The van der Waals surface area contributed by atoms with Crippen molar-refractivity contribution in [1.29, 1.82) is 0 Å². The lowest BCUT2D eigenvalue weighted by molar-refractivity contribution is 0.0989. The molecule has 0 saturated carbocycles. The molecule has 0 unspecified atom stereocenters. The van der Waals surface area contributed by atoms with Crippen LogP contribution < -0.4 is 14.4 Å². The van der Waals surface area contributed by atoms with E-state index in [2.05, 4.69) is 20.9 Å². The van der Waals surface area contributed by atoms with Gasteiger partial charge in [0.15, 0.2) is 16.6 Å². The molecule has 6 nitrogen and oxygen atoms in total. The molecule has 0 aliphatic carbocycles. The van der Waals surface area contributed by atoms with E-state index in [0.29, 0.717) is 28.1 Å². The van der Waals surface area contributed by atoms with Crippen molar-refractivity contribution in [3.63, 3.8) is 0 Å². The molecule has 0 aliphatic rings. The minimum Gasteiger partial charge on any atom is -0.493 e. The van der Waals surface area contributed by atoms with Crippen LogP contribution in [0.3, 0.4) is 0 Å². The molecule has 4 aromatic rings. The fourth-order valence-electron chi connectivity index (χ4n) is 2.82. The van der Waals surface area contributed by atoms with Crippen LogP contribution >= 0.6 is 38.6 Å². The molecular formula is C20H16BrN3O3S2. The summed E-state index contributed by atoms with van der Waals surface area (Å²) in [5, 5.41) is 0.605. The second-order valence-corrected chi connectivity index (χ2v) is 9.50. The molecule has 0 aliphatic heterocycles. The summed E-state index contributed by atoms with van der Waals surface area (Å²) in [6.07, 6.45) is 3.46. The Labute approximate surface area is 183 Å². The summed E-state index contributed by atoms with van der Waals surface area (Å²) in [5.74, 6) is 1.12. The zero-order chi connectivity index (χ0) is 20.4. The van der Waals surface area contributed by atoms with Crippen LogP contribution in [0.2, 0.25) is 0 Å². The van der Waals surface area contributed by atoms with Crippen molar-refractivity contribution in [2.75, 3.05) is 19.1 Å². The molecule has 3 aromatic heterocycles. The number of carbonyl (C=O) groups is 1. The number of benzene rings is 1. The molecular weight excluding hydrogens is 474 g/mol. The maximum absolute atomic E-state index is 13.3. The first kappa shape index (κ1) is 19.8. The number of aromatic nitrogens is 2. The molecule has 29 heavy (non-hydrogen) atoms. The fourth-order valence-corrected chi connectivity index (χ4v) is 5.13. The van der Waals surface area contributed by atoms with E-state index >= 15 is 0 Å². The lowest BCUT2D eigenvalue weighted by Gasteiger charge is -2.19. The number of ether oxygens (including phenoxy) is 2. The average molecular weight is 490 g/mol. The fraction of sp³-hybridized carbons (Fsp3) is 0.150. The molecule has 0 N–H and O–H groups in total. The molecule has 0 radical (unpaired) electrons. The highest BCUT2D eigenvalue weighted by atomic mass is 79.9. The number of nitrogens with zero attached hydrogens (tertiary/aromatic N) is 3. The first-order valence-corrected chi connectivity index (χ1v) is 11.0. The Bertz CT molecular complexity index is 1120. The third-order valence-electron chi connectivity index (χ3n) is 4.21. The van der Waals surface area contributed by atoms with Crippen LogP contribution in [0.4, 0.5) is 5.13 Å². The van der Waals surface area contributed by atoms with Crippen molar-refractivity contribution in [1.82, 2.24) is 9.97 Å². The number of fused-ring (bicyclic) bond motifs is 1. The highest BCUT2D eigenvalue weighted by molar-refractivity contribution is 9.11. The number of halogens is 1. The number of pyridine rings is 1. The Morgan fingerprint density at radius 1 is 1.14 bits per heavy atom. The zero-order valence-corrected chi connectivity index (χ0v) is 18.8. The molecule has 4 rings (SSSR count). The molecule has 0 bridgehead atoms. The molecule has 0 fully saturated rings. The summed E-state index contributed by atoms with van der Waals surface area (Å²) in [6.45, 7) is 0.371. The Morgan fingerprint density at radius 3 is 2.59 bits per heavy atom. The number of amides is 1. The number of rotatable bonds is 6. The van der Waals surface area contributed by atoms with Crippen LogP contribution in [0, 0.1) is 0 Å².